The van der Waals surface area contributed by atoms with E-state index in [2.05, 4.69) is 19.2 Å². The number of nitrogens with zero attached hydrogens (tertiary/aromatic N) is 1. The molecule has 0 aliphatic carbocycles. The lowest BCUT2D eigenvalue weighted by atomic mass is 10.0. The highest BCUT2D eigenvalue weighted by atomic mass is 16.2. The molecule has 1 saturated heterocycles. The highest BCUT2D eigenvalue weighted by Gasteiger charge is 2.30. The van der Waals surface area contributed by atoms with Crippen LogP contribution in [0.5, 0.6) is 0 Å². The standard InChI is InChI=1S/C10H18N2O2/c1-7(2)8(11-3)6-12-9(13)4-5-10(12)14/h7-8,11H,4-6H2,1-3H3. The quantitative estimate of drug-likeness (QED) is 0.664. The molecule has 0 bridgehead atoms. The van der Waals surface area contributed by atoms with E-state index in [1.54, 1.807) is 0 Å². The van der Waals surface area contributed by atoms with Crippen LogP contribution in [0.4, 0.5) is 0 Å². The van der Waals surface area contributed by atoms with E-state index in [-0.39, 0.29) is 17.9 Å². The van der Waals surface area contributed by atoms with Crippen LogP contribution in [-0.4, -0.2) is 36.3 Å². The minimum absolute atomic E-state index is 0.0316. The van der Waals surface area contributed by atoms with Crippen LogP contribution in [0.2, 0.25) is 0 Å². The number of hydrogen-bond donors (Lipinski definition) is 1. The lowest BCUT2D eigenvalue weighted by Gasteiger charge is -2.24. The van der Waals surface area contributed by atoms with Gasteiger partial charge in [0.2, 0.25) is 11.8 Å². The lowest BCUT2D eigenvalue weighted by Crippen LogP contribution is -2.44. The summed E-state index contributed by atoms with van der Waals surface area (Å²) in [5, 5.41) is 3.12. The van der Waals surface area contributed by atoms with E-state index < -0.39 is 0 Å². The fourth-order valence-electron chi connectivity index (χ4n) is 1.66. The van der Waals surface area contributed by atoms with Crippen LogP contribution in [-0.2, 0) is 9.59 Å². The Kier molecular flexibility index (Phi) is 3.63. The third-order valence-electron chi connectivity index (χ3n) is 2.71. The molecule has 14 heavy (non-hydrogen) atoms. The number of hydrogen-bond acceptors (Lipinski definition) is 3. The van der Waals surface area contributed by atoms with E-state index in [1.165, 1.54) is 4.90 Å². The summed E-state index contributed by atoms with van der Waals surface area (Å²) in [5.41, 5.74) is 0. The van der Waals surface area contributed by atoms with Crippen LogP contribution in [0.25, 0.3) is 0 Å². The number of nitrogens with one attached hydrogen (secondary N) is 1. The van der Waals surface area contributed by atoms with E-state index in [0.717, 1.165) is 0 Å². The van der Waals surface area contributed by atoms with Crippen LogP contribution in [0.15, 0.2) is 0 Å². The first kappa shape index (κ1) is 11.2. The van der Waals surface area contributed by atoms with Gasteiger partial charge in [0.25, 0.3) is 0 Å². The SMILES string of the molecule is CNC(CN1C(=O)CCC1=O)C(C)C. The first-order valence-electron chi connectivity index (χ1n) is 5.06. The molecule has 1 aliphatic heterocycles. The second kappa shape index (κ2) is 4.55. The molecule has 1 atom stereocenters. The first-order valence-corrected chi connectivity index (χ1v) is 5.06. The van der Waals surface area contributed by atoms with E-state index in [9.17, 15) is 9.59 Å². The van der Waals surface area contributed by atoms with Crippen molar-refractivity contribution in [2.75, 3.05) is 13.6 Å². The molecule has 0 aromatic carbocycles. The van der Waals surface area contributed by atoms with Gasteiger partial charge in [0.1, 0.15) is 0 Å². The Bertz CT molecular complexity index is 222. The maximum absolute atomic E-state index is 11.3. The Morgan fingerprint density at radius 2 is 1.79 bits per heavy atom. The Morgan fingerprint density at radius 3 is 2.14 bits per heavy atom. The molecule has 4 heteroatoms. The zero-order valence-corrected chi connectivity index (χ0v) is 9.04. The normalized spacial score (nSPS) is 19.6. The predicted octanol–water partition coefficient (Wildman–Crippen LogP) is 0.379. The average molecular weight is 198 g/mol. The zero-order chi connectivity index (χ0) is 10.7. The summed E-state index contributed by atoms with van der Waals surface area (Å²) in [6, 6.07) is 0.195. The second-order valence-electron chi connectivity index (χ2n) is 4.04. The number of amides is 2. The maximum atomic E-state index is 11.3. The maximum Gasteiger partial charge on any atom is 0.229 e. The summed E-state index contributed by atoms with van der Waals surface area (Å²) in [4.78, 5) is 24.0. The third-order valence-corrected chi connectivity index (χ3v) is 2.71. The summed E-state index contributed by atoms with van der Waals surface area (Å²) >= 11 is 0. The van der Waals surface area contributed by atoms with Crippen molar-refractivity contribution < 1.29 is 9.59 Å². The number of likely N-dealkylation sites (tertiary alicyclic amines) is 1. The molecule has 2 amide bonds. The Labute approximate surface area is 84.7 Å². The van der Waals surface area contributed by atoms with Crippen LogP contribution in [0.3, 0.4) is 0 Å². The third kappa shape index (κ3) is 2.32. The second-order valence-corrected chi connectivity index (χ2v) is 4.04. The Balaban J connectivity index is 2.57. The van der Waals surface area contributed by atoms with Gasteiger partial charge in [0.05, 0.1) is 0 Å². The van der Waals surface area contributed by atoms with Gasteiger partial charge in [-0.3, -0.25) is 14.5 Å². The lowest BCUT2D eigenvalue weighted by molar-refractivity contribution is -0.138. The number of rotatable bonds is 4. The molecule has 0 spiro atoms. The molecule has 0 aromatic rings. The molecule has 1 aliphatic rings. The van der Waals surface area contributed by atoms with Gasteiger partial charge in [-0.25, -0.2) is 0 Å². The van der Waals surface area contributed by atoms with Crippen molar-refractivity contribution in [3.63, 3.8) is 0 Å². The molecule has 0 aromatic heterocycles. The average Bonchev–Trinajstić information content (AvgIpc) is 2.43. The van der Waals surface area contributed by atoms with Gasteiger partial charge in [-0.1, -0.05) is 13.8 Å². The minimum Gasteiger partial charge on any atom is -0.315 e. The van der Waals surface area contributed by atoms with Gasteiger partial charge >= 0.3 is 0 Å². The van der Waals surface area contributed by atoms with Crippen molar-refractivity contribution in [1.29, 1.82) is 0 Å². The van der Waals surface area contributed by atoms with E-state index in [4.69, 9.17) is 0 Å². The fraction of sp³-hybridized carbons (Fsp3) is 0.800. The molecule has 1 unspecified atom stereocenters. The molecule has 4 nitrogen and oxygen atoms in total. The summed E-state index contributed by atoms with van der Waals surface area (Å²) in [7, 11) is 1.86. The molecule has 1 N–H and O–H groups in total. The molecule has 0 radical (unpaired) electrons. The fourth-order valence-corrected chi connectivity index (χ4v) is 1.66. The van der Waals surface area contributed by atoms with E-state index in [1.807, 2.05) is 7.05 Å². The first-order chi connectivity index (χ1) is 6.56. The highest BCUT2D eigenvalue weighted by Crippen LogP contribution is 2.14. The van der Waals surface area contributed by atoms with Crippen LogP contribution in [0.1, 0.15) is 26.7 Å². The summed E-state index contributed by atoms with van der Waals surface area (Å²) in [5.74, 6) is 0.355. The number of imide groups is 1. The van der Waals surface area contributed by atoms with Crippen molar-refractivity contribution in [2.45, 2.75) is 32.7 Å². The number of carbonyl (C=O) groups excluding carboxylic acids is 2. The van der Waals surface area contributed by atoms with Crippen molar-refractivity contribution in [3.05, 3.63) is 0 Å². The van der Waals surface area contributed by atoms with Gasteiger partial charge in [-0.2, -0.15) is 0 Å². The molecular weight excluding hydrogens is 180 g/mol. The number of carbonyl (C=O) groups is 2. The summed E-state index contributed by atoms with van der Waals surface area (Å²) in [6.07, 6.45) is 0.765. The van der Waals surface area contributed by atoms with Crippen molar-refractivity contribution in [3.8, 4) is 0 Å². The van der Waals surface area contributed by atoms with Gasteiger partial charge in [-0.15, -0.1) is 0 Å². The Hall–Kier alpha value is -0.900. The molecule has 80 valence electrons. The molecule has 1 heterocycles. The largest absolute Gasteiger partial charge is 0.315 e. The van der Waals surface area contributed by atoms with Gasteiger partial charge in [0, 0.05) is 25.4 Å². The van der Waals surface area contributed by atoms with Gasteiger partial charge in [-0.05, 0) is 13.0 Å². The van der Waals surface area contributed by atoms with Gasteiger partial charge < -0.3 is 5.32 Å². The molecule has 1 rings (SSSR count). The van der Waals surface area contributed by atoms with Crippen molar-refractivity contribution in [1.82, 2.24) is 10.2 Å². The highest BCUT2D eigenvalue weighted by molar-refractivity contribution is 6.01. The molecule has 0 saturated carbocycles. The van der Waals surface area contributed by atoms with Crippen molar-refractivity contribution >= 4 is 11.8 Å². The van der Waals surface area contributed by atoms with Crippen LogP contribution < -0.4 is 5.32 Å². The minimum atomic E-state index is -0.0316. The van der Waals surface area contributed by atoms with E-state index in [0.29, 0.717) is 25.3 Å². The number of likely N-dealkylation sites (N-methyl/N-ethyl adjacent to an activating group) is 1. The zero-order valence-electron chi connectivity index (χ0n) is 9.04. The predicted molar refractivity (Wildman–Crippen MR) is 53.6 cm³/mol. The van der Waals surface area contributed by atoms with Crippen LogP contribution in [0, 0.1) is 5.92 Å². The molecular formula is C10H18N2O2. The monoisotopic (exact) mass is 198 g/mol. The van der Waals surface area contributed by atoms with Crippen molar-refractivity contribution in [2.24, 2.45) is 5.92 Å². The molecule has 1 fully saturated rings. The smallest absolute Gasteiger partial charge is 0.229 e. The van der Waals surface area contributed by atoms with Gasteiger partial charge in [0.15, 0.2) is 0 Å². The Morgan fingerprint density at radius 1 is 1.29 bits per heavy atom. The summed E-state index contributed by atoms with van der Waals surface area (Å²) < 4.78 is 0. The topological polar surface area (TPSA) is 49.4 Å². The summed E-state index contributed by atoms with van der Waals surface area (Å²) in [6.45, 7) is 4.66. The van der Waals surface area contributed by atoms with Crippen LogP contribution >= 0.6 is 0 Å². The van der Waals surface area contributed by atoms with E-state index >= 15 is 0 Å².